The molecule has 0 saturated carbocycles. The van der Waals surface area contributed by atoms with Gasteiger partial charge in [-0.05, 0) is 20.5 Å². The van der Waals surface area contributed by atoms with E-state index in [1.807, 2.05) is 19.0 Å². The van der Waals surface area contributed by atoms with Crippen molar-refractivity contribution in [2.45, 2.75) is 25.6 Å². The molecule has 0 aromatic heterocycles. The van der Waals surface area contributed by atoms with Gasteiger partial charge in [-0.15, -0.1) is 0 Å². The van der Waals surface area contributed by atoms with Gasteiger partial charge in [-0.25, -0.2) is 0 Å². The first-order valence-electron chi connectivity index (χ1n) is 4.30. The lowest BCUT2D eigenvalue weighted by Gasteiger charge is -2.25. The van der Waals surface area contributed by atoms with Crippen LogP contribution in [-0.2, 0) is 0 Å². The molecule has 0 aliphatic rings. The number of nitrogens with one attached hydrogen (secondary N) is 1. The maximum atomic E-state index is 9.05. The molecule has 0 aromatic rings. The summed E-state index contributed by atoms with van der Waals surface area (Å²) in [6, 6.07) is 0. The van der Waals surface area contributed by atoms with E-state index in [-0.39, 0.29) is 12.8 Å². The lowest BCUT2D eigenvalue weighted by molar-refractivity contribution is 0.0838. The Kier molecular flexibility index (Phi) is 6.28. The van der Waals surface area contributed by atoms with Crippen LogP contribution in [0.3, 0.4) is 0 Å². The predicted molar refractivity (Wildman–Crippen MR) is 48.9 cm³/mol. The van der Waals surface area contributed by atoms with Crippen molar-refractivity contribution in [3.05, 3.63) is 0 Å². The Labute approximate surface area is 74.2 Å². The zero-order valence-electron chi connectivity index (χ0n) is 8.12. The Hall–Kier alpha value is -0.160. The smallest absolute Gasteiger partial charge is 0.0895 e. The Morgan fingerprint density at radius 2 is 2.00 bits per heavy atom. The summed E-state index contributed by atoms with van der Waals surface area (Å²) in [6.45, 7) is 2.33. The van der Waals surface area contributed by atoms with Gasteiger partial charge >= 0.3 is 0 Å². The van der Waals surface area contributed by atoms with E-state index in [9.17, 15) is 0 Å². The molecule has 0 aliphatic heterocycles. The first-order valence-corrected chi connectivity index (χ1v) is 4.30. The standard InChI is InChI=1S/C8H20N2O2/c1-4-8(10(2)3)9-5-7(12)6-11/h7-9,11-12H,4-6H2,1-3H3. The second-order valence-corrected chi connectivity index (χ2v) is 3.13. The van der Waals surface area contributed by atoms with E-state index < -0.39 is 6.10 Å². The van der Waals surface area contributed by atoms with Gasteiger partial charge < -0.3 is 10.2 Å². The van der Waals surface area contributed by atoms with Crippen LogP contribution in [0.4, 0.5) is 0 Å². The number of aliphatic hydroxyl groups excluding tert-OH is 2. The van der Waals surface area contributed by atoms with Crippen molar-refractivity contribution in [1.29, 1.82) is 0 Å². The zero-order chi connectivity index (χ0) is 9.56. The van der Waals surface area contributed by atoms with Crippen molar-refractivity contribution in [3.8, 4) is 0 Å². The van der Waals surface area contributed by atoms with Crippen LogP contribution in [0, 0.1) is 0 Å². The Morgan fingerprint density at radius 1 is 1.42 bits per heavy atom. The number of hydrogen-bond acceptors (Lipinski definition) is 4. The number of rotatable bonds is 6. The largest absolute Gasteiger partial charge is 0.394 e. The van der Waals surface area contributed by atoms with Crippen LogP contribution in [0.2, 0.25) is 0 Å². The molecule has 3 N–H and O–H groups in total. The first-order chi connectivity index (χ1) is 5.61. The number of hydrogen-bond donors (Lipinski definition) is 3. The molecule has 2 atom stereocenters. The summed E-state index contributed by atoms with van der Waals surface area (Å²) in [5.41, 5.74) is 0. The number of aliphatic hydroxyl groups is 2. The predicted octanol–water partition coefficient (Wildman–Crippen LogP) is -0.773. The molecule has 0 saturated heterocycles. The van der Waals surface area contributed by atoms with Gasteiger partial charge in [-0.3, -0.25) is 10.2 Å². The zero-order valence-corrected chi connectivity index (χ0v) is 8.12. The molecular formula is C8H20N2O2. The van der Waals surface area contributed by atoms with E-state index in [0.29, 0.717) is 6.54 Å². The Morgan fingerprint density at radius 3 is 2.33 bits per heavy atom. The van der Waals surface area contributed by atoms with Crippen molar-refractivity contribution >= 4 is 0 Å². The van der Waals surface area contributed by atoms with Gasteiger partial charge in [0.2, 0.25) is 0 Å². The highest BCUT2D eigenvalue weighted by atomic mass is 16.3. The van der Waals surface area contributed by atoms with Gasteiger partial charge in [0.05, 0.1) is 18.9 Å². The van der Waals surface area contributed by atoms with Crippen LogP contribution in [0.25, 0.3) is 0 Å². The van der Waals surface area contributed by atoms with E-state index in [2.05, 4.69) is 12.2 Å². The molecule has 4 heteroatoms. The lowest BCUT2D eigenvalue weighted by Crippen LogP contribution is -2.44. The van der Waals surface area contributed by atoms with E-state index in [0.717, 1.165) is 6.42 Å². The van der Waals surface area contributed by atoms with E-state index in [1.165, 1.54) is 0 Å². The monoisotopic (exact) mass is 176 g/mol. The summed E-state index contributed by atoms with van der Waals surface area (Å²) in [5.74, 6) is 0. The average Bonchev–Trinajstić information content (AvgIpc) is 2.04. The maximum absolute atomic E-state index is 9.05. The highest BCUT2D eigenvalue weighted by Crippen LogP contribution is 1.93. The fourth-order valence-corrected chi connectivity index (χ4v) is 1.03. The second-order valence-electron chi connectivity index (χ2n) is 3.13. The van der Waals surface area contributed by atoms with Gasteiger partial charge in [0.25, 0.3) is 0 Å². The highest BCUT2D eigenvalue weighted by molar-refractivity contribution is 4.64. The van der Waals surface area contributed by atoms with Crippen molar-refractivity contribution in [1.82, 2.24) is 10.2 Å². The fraction of sp³-hybridized carbons (Fsp3) is 1.00. The summed E-state index contributed by atoms with van der Waals surface area (Å²) in [5, 5.41) is 20.7. The van der Waals surface area contributed by atoms with Crippen LogP contribution in [0.1, 0.15) is 13.3 Å². The summed E-state index contributed by atoms with van der Waals surface area (Å²) in [6.07, 6.45) is 0.593. The molecule has 0 spiro atoms. The molecule has 2 unspecified atom stereocenters. The van der Waals surface area contributed by atoms with Gasteiger partial charge in [-0.2, -0.15) is 0 Å². The molecule has 0 bridgehead atoms. The molecule has 0 aromatic carbocycles. The van der Waals surface area contributed by atoms with E-state index in [4.69, 9.17) is 10.2 Å². The summed E-state index contributed by atoms with van der Waals surface area (Å²) < 4.78 is 0. The second kappa shape index (κ2) is 6.37. The minimum atomic E-state index is -0.654. The van der Waals surface area contributed by atoms with Gasteiger partial charge in [0.15, 0.2) is 0 Å². The Balaban J connectivity index is 3.58. The van der Waals surface area contributed by atoms with Crippen molar-refractivity contribution in [3.63, 3.8) is 0 Å². The summed E-state index contributed by atoms with van der Waals surface area (Å²) in [4.78, 5) is 2.05. The third kappa shape index (κ3) is 4.66. The van der Waals surface area contributed by atoms with Crippen LogP contribution in [0.15, 0.2) is 0 Å². The summed E-state index contributed by atoms with van der Waals surface area (Å²) in [7, 11) is 3.96. The van der Waals surface area contributed by atoms with E-state index in [1.54, 1.807) is 0 Å². The van der Waals surface area contributed by atoms with Crippen molar-refractivity contribution in [2.75, 3.05) is 27.2 Å². The third-order valence-electron chi connectivity index (χ3n) is 1.81. The van der Waals surface area contributed by atoms with Crippen LogP contribution in [0.5, 0.6) is 0 Å². The topological polar surface area (TPSA) is 55.7 Å². The van der Waals surface area contributed by atoms with Crippen LogP contribution in [-0.4, -0.2) is 54.6 Å². The van der Waals surface area contributed by atoms with Gasteiger partial charge in [-0.1, -0.05) is 6.92 Å². The molecule has 0 amide bonds. The fourth-order valence-electron chi connectivity index (χ4n) is 1.03. The third-order valence-corrected chi connectivity index (χ3v) is 1.81. The quantitative estimate of drug-likeness (QED) is 0.465. The molecule has 0 rings (SSSR count). The molecule has 0 aliphatic carbocycles. The van der Waals surface area contributed by atoms with Crippen LogP contribution < -0.4 is 5.32 Å². The van der Waals surface area contributed by atoms with Crippen molar-refractivity contribution < 1.29 is 10.2 Å². The molecule has 12 heavy (non-hydrogen) atoms. The van der Waals surface area contributed by atoms with Crippen molar-refractivity contribution in [2.24, 2.45) is 0 Å². The normalized spacial score (nSPS) is 16.5. The SMILES string of the molecule is CCC(NCC(O)CO)N(C)C. The van der Waals surface area contributed by atoms with E-state index >= 15 is 0 Å². The Bertz CT molecular complexity index is 109. The molecule has 74 valence electrons. The van der Waals surface area contributed by atoms with Gasteiger partial charge in [0, 0.05) is 6.54 Å². The molecular weight excluding hydrogens is 156 g/mol. The minimum absolute atomic E-state index is 0.184. The summed E-state index contributed by atoms with van der Waals surface area (Å²) >= 11 is 0. The molecule has 4 nitrogen and oxygen atoms in total. The minimum Gasteiger partial charge on any atom is -0.394 e. The molecule has 0 radical (unpaired) electrons. The highest BCUT2D eigenvalue weighted by Gasteiger charge is 2.09. The first kappa shape index (κ1) is 11.8. The lowest BCUT2D eigenvalue weighted by atomic mass is 10.3. The molecule has 0 heterocycles. The average molecular weight is 176 g/mol. The van der Waals surface area contributed by atoms with Crippen LogP contribution >= 0.6 is 0 Å². The molecule has 0 fully saturated rings. The number of nitrogens with zero attached hydrogens (tertiary/aromatic N) is 1. The van der Waals surface area contributed by atoms with Gasteiger partial charge in [0.1, 0.15) is 0 Å². The maximum Gasteiger partial charge on any atom is 0.0895 e.